The monoisotopic (exact) mass is 523 g/mol. The molecule has 0 aliphatic carbocycles. The molecule has 2 aromatic heterocycles. The number of aryl methyl sites for hydroxylation is 2. The first-order chi connectivity index (χ1) is 18.0. The van der Waals surface area contributed by atoms with Crippen molar-refractivity contribution in [2.24, 2.45) is 11.8 Å². The normalized spacial score (nSPS) is 20.5. The van der Waals surface area contributed by atoms with Crippen molar-refractivity contribution in [2.75, 3.05) is 45.9 Å². The highest BCUT2D eigenvalue weighted by Crippen LogP contribution is 2.24. The number of carbonyl (C=O) groups is 2. The highest BCUT2D eigenvalue weighted by Gasteiger charge is 2.36. The van der Waals surface area contributed by atoms with E-state index in [1.54, 1.807) is 11.3 Å². The van der Waals surface area contributed by atoms with Gasteiger partial charge in [-0.1, -0.05) is 32.0 Å². The number of morpholine rings is 1. The van der Waals surface area contributed by atoms with Crippen LogP contribution in [0.15, 0.2) is 41.8 Å². The van der Waals surface area contributed by atoms with E-state index in [1.165, 1.54) is 4.88 Å². The smallest absolute Gasteiger partial charge is 0.290 e. The maximum atomic E-state index is 14.2. The summed E-state index contributed by atoms with van der Waals surface area (Å²) < 4.78 is 7.51. The second kappa shape index (κ2) is 11.8. The van der Waals surface area contributed by atoms with Crippen molar-refractivity contribution >= 4 is 34.2 Å². The van der Waals surface area contributed by atoms with Crippen LogP contribution in [-0.4, -0.2) is 83.1 Å². The molecule has 5 rings (SSSR count). The van der Waals surface area contributed by atoms with Crippen LogP contribution in [0, 0.1) is 11.8 Å². The molecule has 8 nitrogen and oxygen atoms in total. The Kier molecular flexibility index (Phi) is 8.22. The van der Waals surface area contributed by atoms with Crippen molar-refractivity contribution in [3.8, 4) is 0 Å². The van der Waals surface area contributed by atoms with Gasteiger partial charge in [0, 0.05) is 50.2 Å². The minimum absolute atomic E-state index is 0.0534. The molecule has 198 valence electrons. The van der Waals surface area contributed by atoms with Crippen LogP contribution >= 0.6 is 11.3 Å². The van der Waals surface area contributed by atoms with Crippen molar-refractivity contribution in [3.63, 3.8) is 0 Å². The van der Waals surface area contributed by atoms with Gasteiger partial charge >= 0.3 is 0 Å². The molecule has 2 saturated heterocycles. The topological polar surface area (TPSA) is 79.7 Å². The van der Waals surface area contributed by atoms with E-state index in [2.05, 4.69) is 41.2 Å². The molecule has 1 aromatic carbocycles. The predicted octanol–water partition coefficient (Wildman–Crippen LogP) is 3.28. The summed E-state index contributed by atoms with van der Waals surface area (Å²) in [5.74, 6) is 0.753. The van der Waals surface area contributed by atoms with Gasteiger partial charge < -0.3 is 24.4 Å². The van der Waals surface area contributed by atoms with Gasteiger partial charge in [-0.05, 0) is 42.3 Å². The van der Waals surface area contributed by atoms with E-state index in [0.29, 0.717) is 70.6 Å². The van der Waals surface area contributed by atoms with Crippen LogP contribution in [-0.2, 0) is 22.5 Å². The molecule has 3 aromatic rings. The SMILES string of the molecule is CC(C)CN(C(=O)c1nc2ccccc2n1CCc1cccs1)[C@@H]1CNC[C@H](C(=O)N2CCOCC2)C1. The van der Waals surface area contributed by atoms with Crippen molar-refractivity contribution in [1.29, 1.82) is 0 Å². The second-order valence-electron chi connectivity index (χ2n) is 10.4. The van der Waals surface area contributed by atoms with Crippen molar-refractivity contribution in [3.05, 3.63) is 52.5 Å². The minimum Gasteiger partial charge on any atom is -0.378 e. The number of hydrogen-bond donors (Lipinski definition) is 1. The summed E-state index contributed by atoms with van der Waals surface area (Å²) in [6.07, 6.45) is 1.51. The Balaban J connectivity index is 1.40. The Labute approximate surface area is 222 Å². The zero-order valence-electron chi connectivity index (χ0n) is 21.8. The molecule has 0 unspecified atom stereocenters. The number of carbonyl (C=O) groups excluding carboxylic acids is 2. The number of thiophene rings is 1. The highest BCUT2D eigenvalue weighted by molar-refractivity contribution is 7.09. The fraction of sp³-hybridized carbons (Fsp3) is 0.536. The van der Waals surface area contributed by atoms with Crippen LogP contribution < -0.4 is 5.32 Å². The van der Waals surface area contributed by atoms with Gasteiger partial charge in [0.2, 0.25) is 5.91 Å². The first-order valence-corrected chi connectivity index (χ1v) is 14.2. The van der Waals surface area contributed by atoms with Gasteiger partial charge in [-0.3, -0.25) is 9.59 Å². The van der Waals surface area contributed by atoms with Crippen molar-refractivity contribution < 1.29 is 14.3 Å². The average molecular weight is 524 g/mol. The number of fused-ring (bicyclic) bond motifs is 1. The van der Waals surface area contributed by atoms with E-state index in [9.17, 15) is 9.59 Å². The van der Waals surface area contributed by atoms with Gasteiger partial charge in [-0.25, -0.2) is 4.98 Å². The molecule has 37 heavy (non-hydrogen) atoms. The predicted molar refractivity (Wildman–Crippen MR) is 146 cm³/mol. The fourth-order valence-electron chi connectivity index (χ4n) is 5.45. The lowest BCUT2D eigenvalue weighted by molar-refractivity contribution is -0.140. The maximum absolute atomic E-state index is 14.2. The largest absolute Gasteiger partial charge is 0.378 e. The molecule has 9 heteroatoms. The van der Waals surface area contributed by atoms with Crippen LogP contribution in [0.1, 0.15) is 35.8 Å². The van der Waals surface area contributed by atoms with Crippen LogP contribution in [0.5, 0.6) is 0 Å². The third-order valence-corrected chi connectivity index (χ3v) is 8.21. The lowest BCUT2D eigenvalue weighted by atomic mass is 9.92. The van der Waals surface area contributed by atoms with E-state index < -0.39 is 0 Å². The van der Waals surface area contributed by atoms with Gasteiger partial charge in [0.15, 0.2) is 5.82 Å². The number of rotatable bonds is 8. The minimum atomic E-state index is -0.142. The van der Waals surface area contributed by atoms with Gasteiger partial charge in [-0.2, -0.15) is 0 Å². The zero-order chi connectivity index (χ0) is 25.8. The summed E-state index contributed by atoms with van der Waals surface area (Å²) in [4.78, 5) is 37.5. The second-order valence-corrected chi connectivity index (χ2v) is 11.5. The maximum Gasteiger partial charge on any atom is 0.290 e. The van der Waals surface area contributed by atoms with Crippen LogP contribution in [0.2, 0.25) is 0 Å². The van der Waals surface area contributed by atoms with Gasteiger partial charge in [0.05, 0.1) is 30.2 Å². The van der Waals surface area contributed by atoms with Crippen molar-refractivity contribution in [2.45, 2.75) is 39.3 Å². The summed E-state index contributed by atoms with van der Waals surface area (Å²) in [5.41, 5.74) is 1.82. The van der Waals surface area contributed by atoms with Crippen LogP contribution in [0.3, 0.4) is 0 Å². The van der Waals surface area contributed by atoms with Crippen LogP contribution in [0.4, 0.5) is 0 Å². The Morgan fingerprint density at radius 2 is 1.97 bits per heavy atom. The molecule has 2 fully saturated rings. The molecular weight excluding hydrogens is 486 g/mol. The Morgan fingerprint density at radius 3 is 2.73 bits per heavy atom. The first kappa shape index (κ1) is 25.9. The molecular formula is C28H37N5O3S. The summed E-state index contributed by atoms with van der Waals surface area (Å²) in [5, 5.41) is 5.54. The number of nitrogens with one attached hydrogen (secondary N) is 1. The van der Waals surface area contributed by atoms with E-state index in [1.807, 2.05) is 34.1 Å². The molecule has 1 N–H and O–H groups in total. The molecule has 0 saturated carbocycles. The number of benzene rings is 1. The van der Waals surface area contributed by atoms with E-state index in [0.717, 1.165) is 17.5 Å². The number of nitrogens with zero attached hydrogens (tertiary/aromatic N) is 4. The van der Waals surface area contributed by atoms with E-state index in [-0.39, 0.29) is 23.8 Å². The number of aromatic nitrogens is 2. The number of hydrogen-bond acceptors (Lipinski definition) is 6. The molecule has 0 radical (unpaired) electrons. The summed E-state index contributed by atoms with van der Waals surface area (Å²) >= 11 is 1.74. The summed E-state index contributed by atoms with van der Waals surface area (Å²) in [6.45, 7) is 9.38. The first-order valence-electron chi connectivity index (χ1n) is 13.4. The number of piperidine rings is 1. The fourth-order valence-corrected chi connectivity index (χ4v) is 6.15. The quantitative estimate of drug-likeness (QED) is 0.490. The van der Waals surface area contributed by atoms with Gasteiger partial charge in [-0.15, -0.1) is 11.3 Å². The molecule has 2 aliphatic rings. The van der Waals surface area contributed by atoms with E-state index in [4.69, 9.17) is 9.72 Å². The lowest BCUT2D eigenvalue weighted by Crippen LogP contribution is -2.56. The number of amides is 2. The molecule has 2 aliphatic heterocycles. The lowest BCUT2D eigenvalue weighted by Gasteiger charge is -2.40. The van der Waals surface area contributed by atoms with Gasteiger partial charge in [0.1, 0.15) is 0 Å². The van der Waals surface area contributed by atoms with Crippen molar-refractivity contribution in [1.82, 2.24) is 24.7 Å². The molecule has 2 amide bonds. The Morgan fingerprint density at radius 1 is 1.16 bits per heavy atom. The third kappa shape index (κ3) is 5.89. The summed E-state index contributed by atoms with van der Waals surface area (Å²) in [6, 6.07) is 12.1. The third-order valence-electron chi connectivity index (χ3n) is 7.27. The molecule has 4 heterocycles. The standard InChI is InChI=1S/C28H37N5O3S/c1-20(2)19-33(22-16-21(17-29-18-22)27(34)31-11-13-36-14-12-31)28(35)26-30-24-7-3-4-8-25(24)32(26)10-9-23-6-5-15-37-23/h3-8,15,20-22,29H,9-14,16-19H2,1-2H3/t21-,22+/m1/s1. The number of para-hydroxylation sites is 2. The number of ether oxygens (including phenoxy) is 1. The Bertz CT molecular complexity index is 1200. The van der Waals surface area contributed by atoms with E-state index >= 15 is 0 Å². The van der Waals surface area contributed by atoms with Crippen LogP contribution in [0.25, 0.3) is 11.0 Å². The number of imidazole rings is 1. The molecule has 0 spiro atoms. The molecule has 2 atom stereocenters. The molecule has 0 bridgehead atoms. The van der Waals surface area contributed by atoms with Gasteiger partial charge in [0.25, 0.3) is 5.91 Å². The summed E-state index contributed by atoms with van der Waals surface area (Å²) in [7, 11) is 0. The Hall–Kier alpha value is -2.75. The average Bonchev–Trinajstić information content (AvgIpc) is 3.58. The highest BCUT2D eigenvalue weighted by atomic mass is 32.1. The zero-order valence-corrected chi connectivity index (χ0v) is 22.6.